The number of hydrogen-bond acceptors (Lipinski definition) is 4. The maximum atomic E-state index is 11.8. The lowest BCUT2D eigenvalue weighted by Crippen LogP contribution is -2.25. The molecule has 0 aromatic heterocycles. The predicted molar refractivity (Wildman–Crippen MR) is 72.0 cm³/mol. The molecular formula is C10H11BrN2O2S2. The van der Waals surface area contributed by atoms with Gasteiger partial charge in [0.15, 0.2) is 0 Å². The van der Waals surface area contributed by atoms with Crippen molar-refractivity contribution in [1.82, 2.24) is 4.72 Å². The highest BCUT2D eigenvalue weighted by Crippen LogP contribution is 2.14. The van der Waals surface area contributed by atoms with E-state index in [-0.39, 0.29) is 4.90 Å². The highest BCUT2D eigenvalue weighted by Gasteiger charge is 2.12. The number of thiocyanates is 1. The topological polar surface area (TPSA) is 70.0 Å². The zero-order valence-electron chi connectivity index (χ0n) is 8.89. The molecule has 0 spiro atoms. The summed E-state index contributed by atoms with van der Waals surface area (Å²) in [7, 11) is -3.43. The molecule has 1 N–H and O–H groups in total. The number of benzene rings is 1. The largest absolute Gasteiger partial charge is 0.240 e. The maximum absolute atomic E-state index is 11.8. The number of nitriles is 1. The van der Waals surface area contributed by atoms with Gasteiger partial charge in [-0.15, -0.1) is 0 Å². The van der Waals surface area contributed by atoms with Crippen LogP contribution < -0.4 is 4.72 Å². The van der Waals surface area contributed by atoms with Crippen LogP contribution in [0.1, 0.15) is 6.42 Å². The second kappa shape index (κ2) is 7.01. The Kier molecular flexibility index (Phi) is 5.98. The number of sulfonamides is 1. The van der Waals surface area contributed by atoms with Crippen molar-refractivity contribution in [2.24, 2.45) is 0 Å². The van der Waals surface area contributed by atoms with E-state index >= 15 is 0 Å². The van der Waals surface area contributed by atoms with Crippen LogP contribution >= 0.6 is 27.7 Å². The predicted octanol–water partition coefficient (Wildman–Crippen LogP) is 2.33. The number of rotatable bonds is 6. The third-order valence-electron chi connectivity index (χ3n) is 1.90. The van der Waals surface area contributed by atoms with Crippen molar-refractivity contribution in [2.75, 3.05) is 12.3 Å². The first kappa shape index (κ1) is 14.5. The monoisotopic (exact) mass is 334 g/mol. The Morgan fingerprint density at radius 3 is 2.59 bits per heavy atom. The Labute approximate surface area is 114 Å². The van der Waals surface area contributed by atoms with E-state index in [2.05, 4.69) is 20.7 Å². The summed E-state index contributed by atoms with van der Waals surface area (Å²) in [4.78, 5) is 0.244. The van der Waals surface area contributed by atoms with E-state index in [1.807, 2.05) is 5.40 Å². The van der Waals surface area contributed by atoms with Crippen molar-refractivity contribution in [2.45, 2.75) is 11.3 Å². The number of nitrogens with one attached hydrogen (secondary N) is 1. The third kappa shape index (κ3) is 5.08. The minimum Gasteiger partial charge on any atom is -0.211 e. The normalized spacial score (nSPS) is 11.1. The molecule has 0 aliphatic rings. The summed E-state index contributed by atoms with van der Waals surface area (Å²) < 4.78 is 26.9. The van der Waals surface area contributed by atoms with Gasteiger partial charge in [0, 0.05) is 16.8 Å². The summed E-state index contributed by atoms with van der Waals surface area (Å²) in [6.07, 6.45) is 0.633. The van der Waals surface area contributed by atoms with Crippen molar-refractivity contribution in [1.29, 1.82) is 5.26 Å². The quantitative estimate of drug-likeness (QED) is 0.640. The van der Waals surface area contributed by atoms with Gasteiger partial charge in [0.1, 0.15) is 5.40 Å². The van der Waals surface area contributed by atoms with Gasteiger partial charge in [0.25, 0.3) is 0 Å². The standard InChI is InChI=1S/C10H11BrN2O2S2/c11-9-2-4-10(5-3-9)17(14,15)13-6-1-7-16-8-12/h2-5,13H,1,6-7H2. The van der Waals surface area contributed by atoms with Gasteiger partial charge < -0.3 is 0 Å². The first-order chi connectivity index (χ1) is 8.06. The molecule has 0 unspecified atom stereocenters. The fourth-order valence-corrected chi connectivity index (χ4v) is 2.81. The van der Waals surface area contributed by atoms with Crippen LogP contribution in [0.5, 0.6) is 0 Å². The van der Waals surface area contributed by atoms with E-state index in [0.717, 1.165) is 16.2 Å². The zero-order chi connectivity index (χ0) is 12.7. The Balaban J connectivity index is 2.52. The van der Waals surface area contributed by atoms with Crippen LogP contribution in [-0.4, -0.2) is 20.7 Å². The van der Waals surface area contributed by atoms with Crippen LogP contribution in [0.25, 0.3) is 0 Å². The lowest BCUT2D eigenvalue weighted by molar-refractivity contribution is 0.581. The average Bonchev–Trinajstić information content (AvgIpc) is 2.29. The fraction of sp³-hybridized carbons (Fsp3) is 0.300. The SMILES string of the molecule is N#CSCCCNS(=O)(=O)c1ccc(Br)cc1. The lowest BCUT2D eigenvalue weighted by atomic mass is 10.4. The molecule has 1 rings (SSSR count). The number of thioether (sulfide) groups is 1. The summed E-state index contributed by atoms with van der Waals surface area (Å²) in [5.74, 6) is 0.624. The number of halogens is 1. The van der Waals surface area contributed by atoms with Crippen LogP contribution in [0.2, 0.25) is 0 Å². The summed E-state index contributed by atoms with van der Waals surface area (Å²) in [6.45, 7) is 0.340. The Morgan fingerprint density at radius 2 is 2.00 bits per heavy atom. The maximum Gasteiger partial charge on any atom is 0.240 e. The molecule has 0 saturated heterocycles. The van der Waals surface area contributed by atoms with Crippen LogP contribution in [-0.2, 0) is 10.0 Å². The molecule has 7 heteroatoms. The van der Waals surface area contributed by atoms with E-state index in [1.54, 1.807) is 12.1 Å². The van der Waals surface area contributed by atoms with E-state index in [1.165, 1.54) is 12.1 Å². The molecule has 0 aliphatic heterocycles. The molecule has 0 heterocycles. The van der Waals surface area contributed by atoms with Crippen molar-refractivity contribution in [3.8, 4) is 5.40 Å². The zero-order valence-corrected chi connectivity index (χ0v) is 12.1. The molecule has 1 aromatic carbocycles. The molecular weight excluding hydrogens is 324 g/mol. The van der Waals surface area contributed by atoms with Gasteiger partial charge in [-0.05, 0) is 42.4 Å². The van der Waals surface area contributed by atoms with E-state index in [0.29, 0.717) is 18.7 Å². The lowest BCUT2D eigenvalue weighted by Gasteiger charge is -2.05. The second-order valence-electron chi connectivity index (χ2n) is 3.14. The number of nitrogens with zero attached hydrogens (tertiary/aromatic N) is 1. The smallest absolute Gasteiger partial charge is 0.211 e. The van der Waals surface area contributed by atoms with Crippen molar-refractivity contribution in [3.63, 3.8) is 0 Å². The highest BCUT2D eigenvalue weighted by molar-refractivity contribution is 9.10. The first-order valence-electron chi connectivity index (χ1n) is 4.82. The van der Waals surface area contributed by atoms with Gasteiger partial charge in [0.2, 0.25) is 10.0 Å². The molecule has 0 saturated carbocycles. The fourth-order valence-electron chi connectivity index (χ4n) is 1.09. The summed E-state index contributed by atoms with van der Waals surface area (Å²) >= 11 is 4.37. The molecule has 0 bridgehead atoms. The Bertz CT molecular complexity index is 494. The van der Waals surface area contributed by atoms with Gasteiger partial charge in [-0.25, -0.2) is 13.1 Å². The van der Waals surface area contributed by atoms with Gasteiger partial charge in [-0.1, -0.05) is 15.9 Å². The van der Waals surface area contributed by atoms with Crippen LogP contribution in [0, 0.1) is 10.7 Å². The second-order valence-corrected chi connectivity index (χ2v) is 6.71. The van der Waals surface area contributed by atoms with Crippen molar-refractivity contribution >= 4 is 37.7 Å². The van der Waals surface area contributed by atoms with Crippen molar-refractivity contribution in [3.05, 3.63) is 28.7 Å². The van der Waals surface area contributed by atoms with Gasteiger partial charge in [0.05, 0.1) is 4.90 Å². The summed E-state index contributed by atoms with van der Waals surface area (Å²) in [5, 5.41) is 10.2. The Hall–Kier alpha value is -0.550. The molecule has 0 aliphatic carbocycles. The highest BCUT2D eigenvalue weighted by atomic mass is 79.9. The van der Waals surface area contributed by atoms with E-state index < -0.39 is 10.0 Å². The average molecular weight is 335 g/mol. The third-order valence-corrected chi connectivity index (χ3v) is 4.53. The van der Waals surface area contributed by atoms with E-state index in [9.17, 15) is 8.42 Å². The molecule has 0 fully saturated rings. The molecule has 0 amide bonds. The Morgan fingerprint density at radius 1 is 1.35 bits per heavy atom. The molecule has 0 radical (unpaired) electrons. The molecule has 92 valence electrons. The molecule has 17 heavy (non-hydrogen) atoms. The van der Waals surface area contributed by atoms with Gasteiger partial charge >= 0.3 is 0 Å². The molecule has 4 nitrogen and oxygen atoms in total. The van der Waals surface area contributed by atoms with Gasteiger partial charge in [-0.2, -0.15) is 5.26 Å². The minimum absolute atomic E-state index is 0.244. The molecule has 1 aromatic rings. The number of hydrogen-bond donors (Lipinski definition) is 1. The van der Waals surface area contributed by atoms with Gasteiger partial charge in [-0.3, -0.25) is 0 Å². The minimum atomic E-state index is -3.43. The van der Waals surface area contributed by atoms with Crippen molar-refractivity contribution < 1.29 is 8.42 Å². The van der Waals surface area contributed by atoms with E-state index in [4.69, 9.17) is 5.26 Å². The van der Waals surface area contributed by atoms with Crippen LogP contribution in [0.4, 0.5) is 0 Å². The first-order valence-corrected chi connectivity index (χ1v) is 8.08. The van der Waals surface area contributed by atoms with Crippen LogP contribution in [0.15, 0.2) is 33.6 Å². The van der Waals surface area contributed by atoms with Crippen LogP contribution in [0.3, 0.4) is 0 Å². The molecule has 0 atom stereocenters. The summed E-state index contributed by atoms with van der Waals surface area (Å²) in [5.41, 5.74) is 0. The summed E-state index contributed by atoms with van der Waals surface area (Å²) in [6, 6.07) is 6.44.